The minimum absolute atomic E-state index is 0.329. The van der Waals surface area contributed by atoms with E-state index in [4.69, 9.17) is 4.74 Å². The Kier molecular flexibility index (Phi) is 4.00. The van der Waals surface area contributed by atoms with Gasteiger partial charge in [0.25, 0.3) is 11.1 Å². The molecule has 1 fully saturated rings. The summed E-state index contributed by atoms with van der Waals surface area (Å²) < 4.78 is 7.01. The molecule has 0 N–H and O–H groups in total. The van der Waals surface area contributed by atoms with Crippen molar-refractivity contribution in [2.24, 2.45) is 7.05 Å². The number of hydrogen-bond acceptors (Lipinski definition) is 5. The number of para-hydroxylation sites is 2. The van der Waals surface area contributed by atoms with Gasteiger partial charge in [-0.2, -0.15) is 0 Å². The van der Waals surface area contributed by atoms with Crippen LogP contribution in [0.3, 0.4) is 0 Å². The number of imide groups is 1. The molecule has 7 heteroatoms. The van der Waals surface area contributed by atoms with E-state index < -0.39 is 0 Å². The third kappa shape index (κ3) is 2.66. The van der Waals surface area contributed by atoms with Crippen LogP contribution in [0, 0.1) is 0 Å². The van der Waals surface area contributed by atoms with E-state index in [1.54, 1.807) is 37.5 Å². The van der Waals surface area contributed by atoms with Gasteiger partial charge in [-0.3, -0.25) is 9.59 Å². The van der Waals surface area contributed by atoms with E-state index >= 15 is 0 Å². The van der Waals surface area contributed by atoms with Gasteiger partial charge in [0.1, 0.15) is 11.6 Å². The lowest BCUT2D eigenvalue weighted by Crippen LogP contribution is -2.27. The van der Waals surface area contributed by atoms with E-state index in [9.17, 15) is 9.59 Å². The van der Waals surface area contributed by atoms with Crippen LogP contribution in [0.4, 0.5) is 10.5 Å². The van der Waals surface area contributed by atoms with Crippen LogP contribution < -0.4 is 9.64 Å². The minimum atomic E-state index is -0.350. The highest BCUT2D eigenvalue weighted by molar-refractivity contribution is 8.19. The zero-order valence-corrected chi connectivity index (χ0v) is 15.0. The minimum Gasteiger partial charge on any atom is -0.497 e. The number of carbonyl (C=O) groups is 2. The van der Waals surface area contributed by atoms with Crippen LogP contribution in [0.2, 0.25) is 0 Å². The quantitative estimate of drug-likeness (QED) is 0.660. The SMILES string of the molecule is COc1ccc(N2C(=O)S/C(=C/c3nc4ccccc4n3C)C2=O)cc1. The number of rotatable bonds is 3. The Bertz CT molecular complexity index is 1050. The van der Waals surface area contributed by atoms with Crippen LogP contribution in [0.15, 0.2) is 53.4 Å². The maximum Gasteiger partial charge on any atom is 0.298 e. The van der Waals surface area contributed by atoms with E-state index in [0.29, 0.717) is 22.2 Å². The number of nitrogens with zero attached hydrogens (tertiary/aromatic N) is 3. The molecular formula is C19H15N3O3S. The lowest BCUT2D eigenvalue weighted by atomic mass is 10.2. The highest BCUT2D eigenvalue weighted by Gasteiger charge is 2.36. The zero-order valence-electron chi connectivity index (χ0n) is 14.2. The van der Waals surface area contributed by atoms with Gasteiger partial charge < -0.3 is 9.30 Å². The third-order valence-corrected chi connectivity index (χ3v) is 5.08. The van der Waals surface area contributed by atoms with Crippen LogP contribution in [0.5, 0.6) is 5.75 Å². The van der Waals surface area contributed by atoms with Crippen molar-refractivity contribution in [3.8, 4) is 5.75 Å². The van der Waals surface area contributed by atoms with Crippen LogP contribution in [-0.2, 0) is 11.8 Å². The van der Waals surface area contributed by atoms with E-state index in [-0.39, 0.29) is 11.1 Å². The highest BCUT2D eigenvalue weighted by atomic mass is 32.2. The number of amides is 2. The monoisotopic (exact) mass is 365 g/mol. The molecule has 4 rings (SSSR count). The number of hydrogen-bond donors (Lipinski definition) is 0. The van der Waals surface area contributed by atoms with E-state index in [1.807, 2.05) is 35.9 Å². The van der Waals surface area contributed by atoms with Gasteiger partial charge in [-0.05, 0) is 48.2 Å². The summed E-state index contributed by atoms with van der Waals surface area (Å²) in [6, 6.07) is 14.5. The number of anilines is 1. The predicted octanol–water partition coefficient (Wildman–Crippen LogP) is 3.82. The van der Waals surface area contributed by atoms with Crippen molar-refractivity contribution in [3.05, 3.63) is 59.3 Å². The number of carbonyl (C=O) groups excluding carboxylic acids is 2. The summed E-state index contributed by atoms with van der Waals surface area (Å²) in [6.45, 7) is 0. The second-order valence-corrected chi connectivity index (χ2v) is 6.73. The maximum atomic E-state index is 12.7. The van der Waals surface area contributed by atoms with Crippen LogP contribution >= 0.6 is 11.8 Å². The van der Waals surface area contributed by atoms with Crippen molar-refractivity contribution in [2.75, 3.05) is 12.0 Å². The number of benzene rings is 2. The van der Waals surface area contributed by atoms with Gasteiger partial charge in [-0.25, -0.2) is 9.88 Å². The number of aryl methyl sites for hydroxylation is 1. The van der Waals surface area contributed by atoms with Gasteiger partial charge in [0, 0.05) is 13.1 Å². The Hall–Kier alpha value is -3.06. The third-order valence-electron chi connectivity index (χ3n) is 4.21. The molecule has 1 aliphatic rings. The molecule has 26 heavy (non-hydrogen) atoms. The fourth-order valence-corrected chi connectivity index (χ4v) is 3.64. The Morgan fingerprint density at radius 1 is 1.08 bits per heavy atom. The van der Waals surface area contributed by atoms with Crippen molar-refractivity contribution in [1.82, 2.24) is 9.55 Å². The second-order valence-electron chi connectivity index (χ2n) is 5.73. The average molecular weight is 365 g/mol. The molecule has 0 bridgehead atoms. The molecule has 130 valence electrons. The summed E-state index contributed by atoms with van der Waals surface area (Å²) in [5, 5.41) is -0.329. The molecule has 2 amide bonds. The maximum absolute atomic E-state index is 12.7. The first kappa shape index (κ1) is 16.4. The summed E-state index contributed by atoms with van der Waals surface area (Å²) in [5.74, 6) is 0.944. The first-order chi connectivity index (χ1) is 12.6. The number of fused-ring (bicyclic) bond motifs is 1. The highest BCUT2D eigenvalue weighted by Crippen LogP contribution is 2.36. The van der Waals surface area contributed by atoms with E-state index in [0.717, 1.165) is 22.8 Å². The normalized spacial score (nSPS) is 16.1. The summed E-state index contributed by atoms with van der Waals surface area (Å²) >= 11 is 0.914. The molecule has 2 aromatic carbocycles. The lowest BCUT2D eigenvalue weighted by molar-refractivity contribution is -0.113. The largest absolute Gasteiger partial charge is 0.497 e. The average Bonchev–Trinajstić information content (AvgIpc) is 3.12. The molecule has 6 nitrogen and oxygen atoms in total. The molecule has 0 unspecified atom stereocenters. The molecular weight excluding hydrogens is 350 g/mol. The molecule has 2 heterocycles. The fraction of sp³-hybridized carbons (Fsp3) is 0.105. The molecule has 0 spiro atoms. The summed E-state index contributed by atoms with van der Waals surface area (Å²) in [7, 11) is 3.45. The van der Waals surface area contributed by atoms with Gasteiger partial charge >= 0.3 is 0 Å². The molecule has 0 radical (unpaired) electrons. The lowest BCUT2D eigenvalue weighted by Gasteiger charge is -2.12. The Labute approximate surface area is 154 Å². The molecule has 0 aliphatic carbocycles. The number of thioether (sulfide) groups is 1. The van der Waals surface area contributed by atoms with Gasteiger partial charge in [-0.1, -0.05) is 12.1 Å². The first-order valence-electron chi connectivity index (χ1n) is 7.92. The summed E-state index contributed by atoms with van der Waals surface area (Å²) in [6.07, 6.45) is 1.66. The van der Waals surface area contributed by atoms with Gasteiger partial charge in [-0.15, -0.1) is 0 Å². The number of ether oxygens (including phenoxy) is 1. The van der Waals surface area contributed by atoms with Crippen molar-refractivity contribution in [1.29, 1.82) is 0 Å². The van der Waals surface area contributed by atoms with Crippen LogP contribution in [0.25, 0.3) is 17.1 Å². The topological polar surface area (TPSA) is 64.4 Å². The summed E-state index contributed by atoms with van der Waals surface area (Å²) in [4.78, 5) is 31.2. The number of methoxy groups -OCH3 is 1. The molecule has 1 aromatic heterocycles. The van der Waals surface area contributed by atoms with Gasteiger partial charge in [0.05, 0.1) is 28.7 Å². The van der Waals surface area contributed by atoms with E-state index in [1.165, 1.54) is 4.90 Å². The second kappa shape index (κ2) is 6.34. The molecule has 0 saturated carbocycles. The van der Waals surface area contributed by atoms with E-state index in [2.05, 4.69) is 4.98 Å². The van der Waals surface area contributed by atoms with Gasteiger partial charge in [0.2, 0.25) is 0 Å². The first-order valence-corrected chi connectivity index (χ1v) is 8.73. The van der Waals surface area contributed by atoms with Crippen molar-refractivity contribution < 1.29 is 14.3 Å². The van der Waals surface area contributed by atoms with Crippen LogP contribution in [0.1, 0.15) is 5.82 Å². The fourth-order valence-electron chi connectivity index (χ4n) is 2.83. The van der Waals surface area contributed by atoms with Crippen molar-refractivity contribution >= 4 is 45.7 Å². The predicted molar refractivity (Wildman–Crippen MR) is 102 cm³/mol. The number of aromatic nitrogens is 2. The molecule has 0 atom stereocenters. The van der Waals surface area contributed by atoms with Crippen LogP contribution in [-0.4, -0.2) is 27.8 Å². The van der Waals surface area contributed by atoms with Crippen molar-refractivity contribution in [3.63, 3.8) is 0 Å². The Morgan fingerprint density at radius 3 is 2.50 bits per heavy atom. The molecule has 3 aromatic rings. The molecule has 1 saturated heterocycles. The Morgan fingerprint density at radius 2 is 1.81 bits per heavy atom. The smallest absolute Gasteiger partial charge is 0.298 e. The zero-order chi connectivity index (χ0) is 18.3. The standard InChI is InChI=1S/C19H15N3O3S/c1-21-15-6-4-3-5-14(15)20-17(21)11-16-18(23)22(19(24)26-16)12-7-9-13(25-2)10-8-12/h3-11H,1-2H3/b16-11+. The van der Waals surface area contributed by atoms with Gasteiger partial charge in [0.15, 0.2) is 0 Å². The summed E-state index contributed by atoms with van der Waals surface area (Å²) in [5.41, 5.74) is 2.32. The van der Waals surface area contributed by atoms with Crippen molar-refractivity contribution in [2.45, 2.75) is 0 Å². The Balaban J connectivity index is 1.69. The number of imidazole rings is 1. The molecule has 1 aliphatic heterocycles.